The lowest BCUT2D eigenvalue weighted by Gasteiger charge is -2.40. The van der Waals surface area contributed by atoms with E-state index in [4.69, 9.17) is 10.8 Å². The number of nitrogens with two attached hydrogens (primary N) is 1. The molecule has 0 saturated carbocycles. The van der Waals surface area contributed by atoms with Gasteiger partial charge in [-0.3, -0.25) is 4.79 Å². The van der Waals surface area contributed by atoms with Crippen molar-refractivity contribution in [2.75, 3.05) is 0 Å². The van der Waals surface area contributed by atoms with E-state index in [1.807, 2.05) is 0 Å². The molecule has 0 radical (unpaired) electrons. The number of aliphatic carboxylic acids is 1. The number of rotatable bonds is 5. The first kappa shape index (κ1) is 15.7. The molecule has 0 spiro atoms. The molecule has 0 heterocycles. The van der Waals surface area contributed by atoms with E-state index in [1.54, 1.807) is 0 Å². The van der Waals surface area contributed by atoms with Crippen LogP contribution in [0, 0.1) is 0 Å². The van der Waals surface area contributed by atoms with Crippen LogP contribution in [0.1, 0.15) is 12.0 Å². The second-order valence-corrected chi connectivity index (χ2v) is 6.51. The average molecular weight is 305 g/mol. The van der Waals surface area contributed by atoms with Gasteiger partial charge >= 0.3 is 16.2 Å². The summed E-state index contributed by atoms with van der Waals surface area (Å²) in [5.74, 6) is -1.23. The molecule has 0 aliphatic carbocycles. The van der Waals surface area contributed by atoms with Crippen LogP contribution in [0.15, 0.2) is 29.2 Å². The lowest BCUT2D eigenvalue weighted by atomic mass is 10.1. The van der Waals surface area contributed by atoms with Crippen LogP contribution in [0.4, 0.5) is 19.4 Å². The smallest absolute Gasteiger partial charge is 0.320 e. The summed E-state index contributed by atoms with van der Waals surface area (Å²) in [6, 6.07) is 1.23. The van der Waals surface area contributed by atoms with Gasteiger partial charge in [0.15, 0.2) is 0 Å². The number of carbonyl (C=O) groups is 1. The number of hydrogen-bond donors (Lipinski definition) is 2. The first-order valence-electron chi connectivity index (χ1n) is 5.11. The van der Waals surface area contributed by atoms with Gasteiger partial charge in [-0.2, -0.15) is 0 Å². The van der Waals surface area contributed by atoms with Crippen molar-refractivity contribution >= 4 is 16.2 Å². The number of halogens is 5. The van der Waals surface area contributed by atoms with Crippen molar-refractivity contribution in [1.29, 1.82) is 0 Å². The van der Waals surface area contributed by atoms with Gasteiger partial charge in [-0.25, -0.2) is 0 Å². The molecule has 1 rings (SSSR count). The molecular weight excluding hydrogens is 293 g/mol. The third-order valence-electron chi connectivity index (χ3n) is 2.43. The molecule has 0 aliphatic rings. The number of hydrogen-bond acceptors (Lipinski definition) is 2. The topological polar surface area (TPSA) is 63.3 Å². The zero-order valence-electron chi connectivity index (χ0n) is 9.53. The van der Waals surface area contributed by atoms with Crippen molar-refractivity contribution in [3.05, 3.63) is 29.8 Å². The van der Waals surface area contributed by atoms with Gasteiger partial charge in [0.25, 0.3) is 0 Å². The van der Waals surface area contributed by atoms with Gasteiger partial charge in [0, 0.05) is 0 Å². The van der Waals surface area contributed by atoms with Crippen LogP contribution in [0.2, 0.25) is 0 Å². The Labute approximate surface area is 105 Å². The highest BCUT2D eigenvalue weighted by atomic mass is 32.5. The highest BCUT2D eigenvalue weighted by molar-refractivity contribution is 8.45. The molecule has 9 heteroatoms. The van der Waals surface area contributed by atoms with E-state index in [1.165, 1.54) is 0 Å². The molecule has 1 aromatic carbocycles. The number of benzene rings is 1. The zero-order valence-corrected chi connectivity index (χ0v) is 10.3. The quantitative estimate of drug-likeness (QED) is 0.816. The minimum absolute atomic E-state index is 0.00505. The Bertz CT molecular complexity index is 484. The zero-order chi connectivity index (χ0) is 15.0. The van der Waals surface area contributed by atoms with Crippen LogP contribution in [-0.2, 0) is 11.2 Å². The van der Waals surface area contributed by atoms with Crippen molar-refractivity contribution in [2.24, 2.45) is 5.73 Å². The fourth-order valence-corrected chi connectivity index (χ4v) is 2.01. The molecule has 19 heavy (non-hydrogen) atoms. The van der Waals surface area contributed by atoms with Gasteiger partial charge < -0.3 is 10.8 Å². The Kier molecular flexibility index (Phi) is 3.37. The molecule has 1 atom stereocenters. The third kappa shape index (κ3) is 4.67. The monoisotopic (exact) mass is 305 g/mol. The van der Waals surface area contributed by atoms with E-state index in [9.17, 15) is 24.2 Å². The summed E-state index contributed by atoms with van der Waals surface area (Å²) in [6.45, 7) is 0. The third-order valence-corrected chi connectivity index (χ3v) is 3.59. The maximum atomic E-state index is 12.4. The van der Waals surface area contributed by atoms with Crippen molar-refractivity contribution in [1.82, 2.24) is 0 Å². The lowest BCUT2D eigenvalue weighted by Crippen LogP contribution is -2.30. The number of carboxylic acids is 1. The van der Waals surface area contributed by atoms with Gasteiger partial charge in [-0.15, -0.1) is 0 Å². The van der Waals surface area contributed by atoms with Crippen LogP contribution in [0.3, 0.4) is 0 Å². The molecule has 1 aromatic rings. The fraction of sp³-hybridized carbons (Fsp3) is 0.300. The number of aryl methyl sites for hydroxylation is 1. The molecule has 0 unspecified atom stereocenters. The minimum atomic E-state index is -9.64. The first-order chi connectivity index (χ1) is 8.29. The van der Waals surface area contributed by atoms with E-state index in [0.717, 1.165) is 12.1 Å². The maximum Gasteiger partial charge on any atom is 0.320 e. The molecular formula is C10H12F5NO2S. The summed E-state index contributed by atoms with van der Waals surface area (Å²) < 4.78 is 62.0. The van der Waals surface area contributed by atoms with Crippen molar-refractivity contribution < 1.29 is 29.3 Å². The van der Waals surface area contributed by atoms with E-state index >= 15 is 0 Å². The molecule has 0 fully saturated rings. The summed E-state index contributed by atoms with van der Waals surface area (Å²) in [6.07, 6.45) is 0.0964. The maximum absolute atomic E-state index is 12.4. The summed E-state index contributed by atoms with van der Waals surface area (Å²) in [4.78, 5) is 8.46. The Hall–Kier alpha value is -1.35. The highest BCUT2D eigenvalue weighted by Gasteiger charge is 2.65. The summed E-state index contributed by atoms with van der Waals surface area (Å²) in [5, 5.41) is 8.51. The fourth-order valence-electron chi connectivity index (χ4n) is 1.36. The lowest BCUT2D eigenvalue weighted by molar-refractivity contribution is -0.138. The van der Waals surface area contributed by atoms with Gasteiger partial charge in [-0.1, -0.05) is 31.6 Å². The van der Waals surface area contributed by atoms with E-state index in [0.29, 0.717) is 17.7 Å². The molecule has 0 aromatic heterocycles. The molecule has 0 saturated heterocycles. The van der Waals surface area contributed by atoms with E-state index < -0.39 is 27.1 Å². The SMILES string of the molecule is N[C@@H](CCc1ccc(S(F)(F)(F)(F)F)cc1)C(=O)O. The van der Waals surface area contributed by atoms with Crippen LogP contribution in [0.5, 0.6) is 0 Å². The summed E-state index contributed by atoms with van der Waals surface area (Å²) >= 11 is 0. The predicted molar refractivity (Wildman–Crippen MR) is 61.8 cm³/mol. The Morgan fingerprint density at radius 2 is 1.63 bits per heavy atom. The predicted octanol–water partition coefficient (Wildman–Crippen LogP) is 3.69. The Morgan fingerprint density at radius 3 is 2.00 bits per heavy atom. The average Bonchev–Trinajstić information content (AvgIpc) is 2.23. The van der Waals surface area contributed by atoms with Crippen molar-refractivity contribution in [3.8, 4) is 0 Å². The molecule has 3 nitrogen and oxygen atoms in total. The van der Waals surface area contributed by atoms with E-state index in [-0.39, 0.29) is 12.8 Å². The second-order valence-electron chi connectivity index (χ2n) is 4.10. The molecule has 0 aliphatic heterocycles. The summed E-state index contributed by atoms with van der Waals surface area (Å²) in [5.41, 5.74) is 5.52. The minimum Gasteiger partial charge on any atom is -0.480 e. The first-order valence-corrected chi connectivity index (χ1v) is 7.06. The van der Waals surface area contributed by atoms with E-state index in [2.05, 4.69) is 0 Å². The van der Waals surface area contributed by atoms with Crippen LogP contribution in [0.25, 0.3) is 0 Å². The normalized spacial score (nSPS) is 17.4. The van der Waals surface area contributed by atoms with Crippen LogP contribution >= 0.6 is 10.2 Å². The molecule has 0 bridgehead atoms. The largest absolute Gasteiger partial charge is 0.480 e. The van der Waals surface area contributed by atoms with Gasteiger partial charge in [-0.05, 0) is 30.5 Å². The van der Waals surface area contributed by atoms with Gasteiger partial charge in [0.05, 0.1) is 0 Å². The van der Waals surface area contributed by atoms with Crippen molar-refractivity contribution in [3.63, 3.8) is 0 Å². The Morgan fingerprint density at radius 1 is 1.16 bits per heavy atom. The second kappa shape index (κ2) is 4.07. The van der Waals surface area contributed by atoms with Gasteiger partial charge in [0.1, 0.15) is 10.9 Å². The van der Waals surface area contributed by atoms with Gasteiger partial charge in [0.2, 0.25) is 0 Å². The Balaban J connectivity index is 2.82. The van der Waals surface area contributed by atoms with Crippen molar-refractivity contribution in [2.45, 2.75) is 23.8 Å². The summed E-state index contributed by atoms with van der Waals surface area (Å²) in [7, 11) is -9.64. The highest BCUT2D eigenvalue weighted by Crippen LogP contribution is 3.02. The standard InChI is InChI=1S/C10H12F5NO2S/c11-19(12,13,14,15)8-4-1-7(2-5-8)3-6-9(16)10(17)18/h1-2,4-5,9H,3,6,16H2,(H,17,18)/t9-/m0/s1. The molecule has 110 valence electrons. The number of carboxylic acid groups (broad SMARTS) is 1. The molecule has 0 amide bonds. The van der Waals surface area contributed by atoms with Crippen LogP contribution in [-0.4, -0.2) is 17.1 Å². The van der Waals surface area contributed by atoms with Crippen LogP contribution < -0.4 is 5.73 Å². The molecule has 3 N–H and O–H groups in total.